The lowest BCUT2D eigenvalue weighted by molar-refractivity contribution is -0.120. The van der Waals surface area contributed by atoms with Gasteiger partial charge in [-0.3, -0.25) is 19.9 Å². The topological polar surface area (TPSA) is 106 Å². The number of imide groups is 1. The molecular weight excluding hydrogens is 414 g/mol. The van der Waals surface area contributed by atoms with E-state index in [0.29, 0.717) is 26.1 Å². The van der Waals surface area contributed by atoms with E-state index in [0.717, 1.165) is 63.5 Å². The molecule has 0 bridgehead atoms. The predicted molar refractivity (Wildman–Crippen MR) is 118 cm³/mol. The molecule has 0 saturated carbocycles. The van der Waals surface area contributed by atoms with E-state index in [2.05, 4.69) is 15.1 Å². The average Bonchev–Trinajstić information content (AvgIpc) is 2.80. The molecule has 3 aliphatic rings. The van der Waals surface area contributed by atoms with Crippen LogP contribution in [0.4, 0.5) is 15.3 Å². The molecule has 1 aromatic carbocycles. The first-order chi connectivity index (χ1) is 15.5. The molecular formula is C22H31N5O5. The molecule has 3 fully saturated rings. The Morgan fingerprint density at radius 3 is 2.16 bits per heavy atom. The van der Waals surface area contributed by atoms with Crippen molar-refractivity contribution in [2.45, 2.75) is 25.4 Å². The third-order valence-electron chi connectivity index (χ3n) is 6.41. The van der Waals surface area contributed by atoms with Gasteiger partial charge in [0.05, 0.1) is 0 Å². The summed E-state index contributed by atoms with van der Waals surface area (Å²) in [5, 5.41) is 11.4. The standard InChI is InChI=1S/C22H31N5O5/c28-20-7-10-27(21(29)23-20)17-1-3-18(4-2-17)32-19-5-8-24(9-6-19)11-12-25-13-15-26(16-14-25)22(30)31/h1-4,19H,5-16H2,(H,30,31)(H,23,28,29). The Hall–Kier alpha value is -2.85. The van der Waals surface area contributed by atoms with E-state index in [4.69, 9.17) is 9.84 Å². The molecule has 3 heterocycles. The summed E-state index contributed by atoms with van der Waals surface area (Å²) >= 11 is 0. The summed E-state index contributed by atoms with van der Waals surface area (Å²) in [6.07, 6.45) is 1.58. The summed E-state index contributed by atoms with van der Waals surface area (Å²) in [5.74, 6) is 0.551. The van der Waals surface area contributed by atoms with Gasteiger partial charge in [0.15, 0.2) is 0 Å². The van der Waals surface area contributed by atoms with Gasteiger partial charge in [-0.2, -0.15) is 0 Å². The summed E-state index contributed by atoms with van der Waals surface area (Å²) in [6, 6.07) is 7.07. The van der Waals surface area contributed by atoms with E-state index in [9.17, 15) is 14.4 Å². The van der Waals surface area contributed by atoms with Gasteiger partial charge in [-0.05, 0) is 37.1 Å². The smallest absolute Gasteiger partial charge is 0.407 e. The van der Waals surface area contributed by atoms with Gasteiger partial charge < -0.3 is 19.6 Å². The predicted octanol–water partition coefficient (Wildman–Crippen LogP) is 1.27. The normalized spacial score (nSPS) is 21.5. The summed E-state index contributed by atoms with van der Waals surface area (Å²) in [7, 11) is 0. The van der Waals surface area contributed by atoms with Crippen LogP contribution in [0.25, 0.3) is 0 Å². The summed E-state index contributed by atoms with van der Waals surface area (Å²) in [4.78, 5) is 42.1. The fourth-order valence-electron chi connectivity index (χ4n) is 4.40. The zero-order valence-corrected chi connectivity index (χ0v) is 18.2. The van der Waals surface area contributed by atoms with Crippen molar-refractivity contribution in [1.82, 2.24) is 20.0 Å². The minimum atomic E-state index is -0.824. The zero-order valence-electron chi connectivity index (χ0n) is 18.2. The lowest BCUT2D eigenvalue weighted by Crippen LogP contribution is -2.50. The molecule has 3 aliphatic heterocycles. The molecule has 0 atom stereocenters. The Bertz CT molecular complexity index is 817. The number of nitrogens with zero attached hydrogens (tertiary/aromatic N) is 4. The van der Waals surface area contributed by atoms with Crippen LogP contribution >= 0.6 is 0 Å². The van der Waals surface area contributed by atoms with Crippen molar-refractivity contribution in [3.63, 3.8) is 0 Å². The molecule has 1 aromatic rings. The van der Waals surface area contributed by atoms with Gasteiger partial charge >= 0.3 is 12.1 Å². The van der Waals surface area contributed by atoms with Crippen LogP contribution in [-0.2, 0) is 4.79 Å². The van der Waals surface area contributed by atoms with Gasteiger partial charge in [-0.15, -0.1) is 0 Å². The average molecular weight is 446 g/mol. The number of carbonyl (C=O) groups is 3. The van der Waals surface area contributed by atoms with Crippen molar-refractivity contribution in [1.29, 1.82) is 0 Å². The van der Waals surface area contributed by atoms with E-state index < -0.39 is 6.09 Å². The number of carbonyl (C=O) groups excluding carboxylic acids is 2. The number of hydrogen-bond acceptors (Lipinski definition) is 6. The molecule has 10 heteroatoms. The summed E-state index contributed by atoms with van der Waals surface area (Å²) in [6.45, 7) is 7.10. The Morgan fingerprint density at radius 2 is 1.56 bits per heavy atom. The number of ether oxygens (including phenoxy) is 1. The highest BCUT2D eigenvalue weighted by Crippen LogP contribution is 2.24. The summed E-state index contributed by atoms with van der Waals surface area (Å²) in [5.41, 5.74) is 0.751. The Balaban J connectivity index is 1.16. The third-order valence-corrected chi connectivity index (χ3v) is 6.41. The summed E-state index contributed by atoms with van der Waals surface area (Å²) < 4.78 is 6.15. The SMILES string of the molecule is O=C1CCN(c2ccc(OC3CCN(CCN4CCN(C(=O)O)CC4)CC3)cc2)C(=O)N1. The maximum atomic E-state index is 12.0. The quantitative estimate of drug-likeness (QED) is 0.679. The Kier molecular flexibility index (Phi) is 7.11. The maximum absolute atomic E-state index is 12.0. The van der Waals surface area contributed by atoms with Crippen LogP contribution in [0.1, 0.15) is 19.3 Å². The van der Waals surface area contributed by atoms with Crippen molar-refractivity contribution >= 4 is 23.7 Å². The molecule has 32 heavy (non-hydrogen) atoms. The first kappa shape index (κ1) is 22.3. The number of rotatable bonds is 6. The third kappa shape index (κ3) is 5.68. The molecule has 0 aromatic heterocycles. The molecule has 3 saturated heterocycles. The van der Waals surface area contributed by atoms with Gasteiger partial charge in [0.2, 0.25) is 5.91 Å². The number of hydrogen-bond donors (Lipinski definition) is 2. The van der Waals surface area contributed by atoms with Gasteiger partial charge in [0.25, 0.3) is 0 Å². The van der Waals surface area contributed by atoms with Gasteiger partial charge in [-0.1, -0.05) is 0 Å². The number of amides is 4. The van der Waals surface area contributed by atoms with Crippen LogP contribution in [0.15, 0.2) is 24.3 Å². The van der Waals surface area contributed by atoms with Crippen LogP contribution in [0.5, 0.6) is 5.75 Å². The molecule has 0 radical (unpaired) electrons. The molecule has 2 N–H and O–H groups in total. The van der Waals surface area contributed by atoms with E-state index in [-0.39, 0.29) is 18.0 Å². The molecule has 174 valence electrons. The Morgan fingerprint density at radius 1 is 0.938 bits per heavy atom. The fourth-order valence-corrected chi connectivity index (χ4v) is 4.40. The molecule has 4 amide bonds. The van der Waals surface area contributed by atoms with E-state index >= 15 is 0 Å². The fraction of sp³-hybridized carbons (Fsp3) is 0.591. The second kappa shape index (κ2) is 10.2. The van der Waals surface area contributed by atoms with Gasteiger partial charge in [0.1, 0.15) is 11.9 Å². The number of benzene rings is 1. The number of urea groups is 1. The minimum Gasteiger partial charge on any atom is -0.490 e. The highest BCUT2D eigenvalue weighted by atomic mass is 16.5. The first-order valence-corrected chi connectivity index (χ1v) is 11.3. The van der Waals surface area contributed by atoms with E-state index in [1.54, 1.807) is 4.90 Å². The largest absolute Gasteiger partial charge is 0.490 e. The number of piperidine rings is 1. The first-order valence-electron chi connectivity index (χ1n) is 11.3. The monoisotopic (exact) mass is 445 g/mol. The van der Waals surface area contributed by atoms with E-state index in [1.807, 2.05) is 24.3 Å². The Labute approximate surface area is 187 Å². The van der Waals surface area contributed by atoms with Crippen molar-refractivity contribution in [2.24, 2.45) is 0 Å². The highest BCUT2D eigenvalue weighted by Gasteiger charge is 2.25. The maximum Gasteiger partial charge on any atom is 0.407 e. The number of anilines is 1. The van der Waals surface area contributed by atoms with Crippen LogP contribution in [-0.4, -0.2) is 103 Å². The molecule has 0 unspecified atom stereocenters. The van der Waals surface area contributed by atoms with Crippen LogP contribution < -0.4 is 15.0 Å². The van der Waals surface area contributed by atoms with Gasteiger partial charge in [0, 0.05) is 71.0 Å². The van der Waals surface area contributed by atoms with Crippen molar-refractivity contribution in [3.8, 4) is 5.75 Å². The number of carboxylic acid groups (broad SMARTS) is 1. The molecule has 0 spiro atoms. The van der Waals surface area contributed by atoms with Crippen LogP contribution in [0.3, 0.4) is 0 Å². The number of piperazine rings is 1. The zero-order chi connectivity index (χ0) is 22.5. The van der Waals surface area contributed by atoms with Crippen molar-refractivity contribution in [2.75, 3.05) is 63.8 Å². The lowest BCUT2D eigenvalue weighted by atomic mass is 10.1. The van der Waals surface area contributed by atoms with Crippen LogP contribution in [0, 0.1) is 0 Å². The second-order valence-corrected chi connectivity index (χ2v) is 8.52. The lowest BCUT2D eigenvalue weighted by Gasteiger charge is -2.36. The molecule has 4 rings (SSSR count). The highest BCUT2D eigenvalue weighted by molar-refractivity contribution is 6.05. The second-order valence-electron chi connectivity index (χ2n) is 8.52. The van der Waals surface area contributed by atoms with Crippen molar-refractivity contribution in [3.05, 3.63) is 24.3 Å². The number of likely N-dealkylation sites (tertiary alicyclic amines) is 1. The van der Waals surface area contributed by atoms with Crippen molar-refractivity contribution < 1.29 is 24.2 Å². The van der Waals surface area contributed by atoms with E-state index in [1.165, 1.54) is 4.90 Å². The minimum absolute atomic E-state index is 0.173. The van der Waals surface area contributed by atoms with Gasteiger partial charge in [-0.25, -0.2) is 9.59 Å². The number of nitrogens with one attached hydrogen (secondary N) is 1. The molecule has 10 nitrogen and oxygen atoms in total. The van der Waals surface area contributed by atoms with Crippen LogP contribution in [0.2, 0.25) is 0 Å². The molecule has 0 aliphatic carbocycles.